The van der Waals surface area contributed by atoms with Crippen LogP contribution in [0.1, 0.15) is 24.1 Å². The normalized spacial score (nSPS) is 20.4. The summed E-state index contributed by atoms with van der Waals surface area (Å²) in [5.41, 5.74) is 3.48. The molecule has 0 bridgehead atoms. The summed E-state index contributed by atoms with van der Waals surface area (Å²) in [6.45, 7) is 4.17. The van der Waals surface area contributed by atoms with E-state index in [1.54, 1.807) is 0 Å². The summed E-state index contributed by atoms with van der Waals surface area (Å²) in [6.07, 6.45) is 3.78. The number of hydrogen-bond acceptors (Lipinski definition) is 2. The van der Waals surface area contributed by atoms with E-state index in [0.717, 1.165) is 11.4 Å². The van der Waals surface area contributed by atoms with Gasteiger partial charge in [0, 0.05) is 29.6 Å². The zero-order valence-electron chi connectivity index (χ0n) is 6.70. The van der Waals surface area contributed by atoms with Gasteiger partial charge in [0.1, 0.15) is 0 Å². The van der Waals surface area contributed by atoms with Crippen molar-refractivity contribution >= 4 is 11.9 Å². The first-order valence-electron chi connectivity index (χ1n) is 3.78. The maximum atomic E-state index is 4.28. The second-order valence-electron chi connectivity index (χ2n) is 2.90. The van der Waals surface area contributed by atoms with Gasteiger partial charge >= 0.3 is 0 Å². The Hall–Kier alpha value is -1.18. The van der Waals surface area contributed by atoms with Crippen molar-refractivity contribution in [2.45, 2.75) is 19.8 Å². The molecule has 56 valence electrons. The number of hydrogen-bond donors (Lipinski definition) is 0. The molecule has 0 aliphatic carbocycles. The summed E-state index contributed by atoms with van der Waals surface area (Å²) in [4.78, 5) is 8.50. The Kier molecular flexibility index (Phi) is 1.28. The fourth-order valence-electron chi connectivity index (χ4n) is 1.51. The smallest absolute Gasteiger partial charge is 0.0697 e. The molecule has 0 aromatic carbocycles. The summed E-state index contributed by atoms with van der Waals surface area (Å²) < 4.78 is 0. The van der Waals surface area contributed by atoms with Crippen LogP contribution < -0.4 is 0 Å². The molecule has 1 atom stereocenters. The van der Waals surface area contributed by atoms with Crippen LogP contribution in [0.25, 0.3) is 0 Å². The minimum absolute atomic E-state index is 0.443. The maximum Gasteiger partial charge on any atom is 0.0697 e. The molecule has 1 aliphatic heterocycles. The molecule has 0 N–H and O–H groups in total. The Morgan fingerprint density at radius 1 is 1.45 bits per heavy atom. The van der Waals surface area contributed by atoms with E-state index in [-0.39, 0.29) is 0 Å². The first-order valence-corrected chi connectivity index (χ1v) is 3.78. The number of nitrogens with zero attached hydrogens (tertiary/aromatic N) is 2. The van der Waals surface area contributed by atoms with Gasteiger partial charge in [0.2, 0.25) is 0 Å². The van der Waals surface area contributed by atoms with Gasteiger partial charge in [-0.3, -0.25) is 9.98 Å². The average Bonchev–Trinajstić information content (AvgIpc) is 2.34. The van der Waals surface area contributed by atoms with Gasteiger partial charge in [-0.2, -0.15) is 0 Å². The predicted molar refractivity (Wildman–Crippen MR) is 45.5 cm³/mol. The molecule has 0 saturated heterocycles. The van der Waals surface area contributed by atoms with E-state index in [9.17, 15) is 0 Å². The molecule has 1 unspecified atom stereocenters. The number of aliphatic imine (C=N–C) groups is 1. The van der Waals surface area contributed by atoms with Crippen molar-refractivity contribution < 1.29 is 0 Å². The van der Waals surface area contributed by atoms with Crippen LogP contribution in [0.5, 0.6) is 0 Å². The molecule has 0 spiro atoms. The van der Waals surface area contributed by atoms with Gasteiger partial charge in [0.05, 0.1) is 5.69 Å². The molecule has 2 rings (SSSR count). The maximum absolute atomic E-state index is 4.28. The highest BCUT2D eigenvalue weighted by atomic mass is 14.8. The fourth-order valence-corrected chi connectivity index (χ4v) is 1.51. The third-order valence-electron chi connectivity index (χ3n) is 2.06. The minimum atomic E-state index is 0.443. The van der Waals surface area contributed by atoms with Gasteiger partial charge in [-0.05, 0) is 13.0 Å². The summed E-state index contributed by atoms with van der Waals surface area (Å²) >= 11 is 0. The van der Waals surface area contributed by atoms with Crippen LogP contribution in [0.15, 0.2) is 17.3 Å². The topological polar surface area (TPSA) is 25.2 Å². The molecule has 2 heterocycles. The van der Waals surface area contributed by atoms with Crippen LogP contribution in [-0.2, 0) is 0 Å². The third-order valence-corrected chi connectivity index (χ3v) is 2.06. The van der Waals surface area contributed by atoms with Crippen molar-refractivity contribution in [1.82, 2.24) is 4.98 Å². The molecule has 2 nitrogen and oxygen atoms in total. The van der Waals surface area contributed by atoms with Crippen molar-refractivity contribution in [2.75, 3.05) is 0 Å². The monoisotopic (exact) mass is 146 g/mol. The van der Waals surface area contributed by atoms with Gasteiger partial charge in [0.15, 0.2) is 0 Å². The van der Waals surface area contributed by atoms with E-state index in [4.69, 9.17) is 0 Å². The fraction of sp³-hybridized carbons (Fsp3) is 0.333. The van der Waals surface area contributed by atoms with Gasteiger partial charge in [-0.25, -0.2) is 0 Å². The van der Waals surface area contributed by atoms with E-state index in [0.29, 0.717) is 5.92 Å². The molecular weight excluding hydrogens is 136 g/mol. The van der Waals surface area contributed by atoms with Crippen LogP contribution >= 0.6 is 0 Å². The molecule has 0 radical (unpaired) electrons. The summed E-state index contributed by atoms with van der Waals surface area (Å²) in [7, 11) is 0. The van der Waals surface area contributed by atoms with Crippen LogP contribution in [0.2, 0.25) is 0 Å². The number of aromatic nitrogens is 1. The Morgan fingerprint density at radius 2 is 2.27 bits per heavy atom. The molecule has 1 aliphatic rings. The van der Waals surface area contributed by atoms with Crippen molar-refractivity contribution in [1.29, 1.82) is 0 Å². The first-order chi connectivity index (χ1) is 5.29. The molecule has 11 heavy (non-hydrogen) atoms. The molecule has 0 saturated carbocycles. The lowest BCUT2D eigenvalue weighted by molar-refractivity contribution is 1.01. The Balaban J connectivity index is 2.65. The predicted octanol–water partition coefficient (Wildman–Crippen LogP) is 2.21. The summed E-state index contributed by atoms with van der Waals surface area (Å²) in [6, 6.07) is 1.96. The second-order valence-corrected chi connectivity index (χ2v) is 2.90. The quantitative estimate of drug-likeness (QED) is 0.551. The SMILES string of the molecule is Cc1nccc2c1C(C)C=N2. The molecular formula is C9H10N2. The minimum Gasteiger partial charge on any atom is -0.261 e. The van der Waals surface area contributed by atoms with Crippen LogP contribution in [-0.4, -0.2) is 11.2 Å². The van der Waals surface area contributed by atoms with E-state index in [1.165, 1.54) is 5.56 Å². The molecule has 2 heteroatoms. The van der Waals surface area contributed by atoms with E-state index < -0.39 is 0 Å². The second kappa shape index (κ2) is 2.16. The first kappa shape index (κ1) is 6.53. The van der Waals surface area contributed by atoms with Crippen molar-refractivity contribution in [2.24, 2.45) is 4.99 Å². The van der Waals surface area contributed by atoms with Crippen molar-refractivity contribution in [3.05, 3.63) is 23.5 Å². The highest BCUT2D eigenvalue weighted by Gasteiger charge is 2.16. The molecule has 1 aromatic heterocycles. The number of pyridine rings is 1. The Morgan fingerprint density at radius 3 is 3.00 bits per heavy atom. The summed E-state index contributed by atoms with van der Waals surface area (Å²) in [5, 5.41) is 0. The Labute approximate surface area is 66.0 Å². The molecule has 1 aromatic rings. The van der Waals surface area contributed by atoms with Gasteiger partial charge < -0.3 is 0 Å². The average molecular weight is 146 g/mol. The van der Waals surface area contributed by atoms with Gasteiger partial charge in [0.25, 0.3) is 0 Å². The van der Waals surface area contributed by atoms with Crippen molar-refractivity contribution in [3.63, 3.8) is 0 Å². The summed E-state index contributed by atoms with van der Waals surface area (Å²) in [5.74, 6) is 0.443. The Bertz CT molecular complexity index is 315. The molecule has 0 fully saturated rings. The van der Waals surface area contributed by atoms with Gasteiger partial charge in [-0.15, -0.1) is 0 Å². The zero-order valence-corrected chi connectivity index (χ0v) is 6.70. The molecule has 0 amide bonds. The van der Waals surface area contributed by atoms with Gasteiger partial charge in [-0.1, -0.05) is 6.92 Å². The lowest BCUT2D eigenvalue weighted by Gasteiger charge is -2.04. The number of fused-ring (bicyclic) bond motifs is 1. The lowest BCUT2D eigenvalue weighted by atomic mass is 10.0. The highest BCUT2D eigenvalue weighted by molar-refractivity contribution is 5.80. The highest BCUT2D eigenvalue weighted by Crippen LogP contribution is 2.32. The van der Waals surface area contributed by atoms with E-state index in [2.05, 4.69) is 16.9 Å². The largest absolute Gasteiger partial charge is 0.261 e. The zero-order chi connectivity index (χ0) is 7.84. The van der Waals surface area contributed by atoms with Crippen LogP contribution in [0.4, 0.5) is 5.69 Å². The van der Waals surface area contributed by atoms with E-state index >= 15 is 0 Å². The van der Waals surface area contributed by atoms with E-state index in [1.807, 2.05) is 25.4 Å². The number of rotatable bonds is 0. The van der Waals surface area contributed by atoms with Crippen LogP contribution in [0, 0.1) is 6.92 Å². The third kappa shape index (κ3) is 0.862. The standard InChI is InChI=1S/C9H10N2/c1-6-5-11-8-3-4-10-7(2)9(6)8/h3-6H,1-2H3. The van der Waals surface area contributed by atoms with Crippen molar-refractivity contribution in [3.8, 4) is 0 Å². The van der Waals surface area contributed by atoms with Crippen LogP contribution in [0.3, 0.4) is 0 Å². The number of aryl methyl sites for hydroxylation is 1. The lowest BCUT2D eigenvalue weighted by Crippen LogP contribution is -1.93.